The average Bonchev–Trinajstić information content (AvgIpc) is 2.67. The molecule has 0 atom stereocenters. The van der Waals surface area contributed by atoms with Gasteiger partial charge in [-0.1, -0.05) is 12.1 Å². The van der Waals surface area contributed by atoms with Crippen LogP contribution in [0.2, 0.25) is 0 Å². The monoisotopic (exact) mass is 249 g/mol. The van der Waals surface area contributed by atoms with Gasteiger partial charge in [0.05, 0.1) is 18.2 Å². The van der Waals surface area contributed by atoms with Crippen LogP contribution in [-0.2, 0) is 11.3 Å². The summed E-state index contributed by atoms with van der Waals surface area (Å²) in [6.07, 6.45) is 2.18. The molecular weight excluding hydrogens is 229 g/mol. The lowest BCUT2D eigenvalue weighted by molar-refractivity contribution is 0.0663. The first-order valence-electron chi connectivity index (χ1n) is 6.40. The molecule has 18 heavy (non-hydrogen) atoms. The third-order valence-corrected chi connectivity index (χ3v) is 3.01. The van der Waals surface area contributed by atoms with Gasteiger partial charge >= 0.3 is 0 Å². The Morgan fingerprint density at radius 1 is 1.22 bits per heavy atom. The Hall–Kier alpha value is -1.35. The van der Waals surface area contributed by atoms with E-state index < -0.39 is 0 Å². The van der Waals surface area contributed by atoms with Crippen LogP contribution in [-0.4, -0.2) is 10.7 Å². The van der Waals surface area contributed by atoms with E-state index in [2.05, 4.69) is 13.8 Å². The standard InChI is InChI=1S/C15H20FNO/c1-10(2)17-8-12(9-18-11(3)4)13-6-5-7-14(16)15(13)17/h5-8,10-11H,9H2,1-4H3. The number of fused-ring (bicyclic) bond motifs is 1. The lowest BCUT2D eigenvalue weighted by Gasteiger charge is -2.09. The number of hydrogen-bond acceptors (Lipinski definition) is 1. The summed E-state index contributed by atoms with van der Waals surface area (Å²) >= 11 is 0. The van der Waals surface area contributed by atoms with Gasteiger partial charge < -0.3 is 9.30 Å². The molecule has 0 radical (unpaired) electrons. The molecule has 0 unspecified atom stereocenters. The van der Waals surface area contributed by atoms with Gasteiger partial charge in [-0.25, -0.2) is 4.39 Å². The summed E-state index contributed by atoms with van der Waals surface area (Å²) in [5.41, 5.74) is 1.72. The van der Waals surface area contributed by atoms with Crippen molar-refractivity contribution in [1.82, 2.24) is 4.57 Å². The zero-order valence-electron chi connectivity index (χ0n) is 11.4. The molecule has 0 spiro atoms. The maximum Gasteiger partial charge on any atom is 0.147 e. The van der Waals surface area contributed by atoms with E-state index in [4.69, 9.17) is 4.74 Å². The van der Waals surface area contributed by atoms with E-state index in [0.717, 1.165) is 10.9 Å². The van der Waals surface area contributed by atoms with Crippen LogP contribution >= 0.6 is 0 Å². The number of benzene rings is 1. The highest BCUT2D eigenvalue weighted by Gasteiger charge is 2.14. The molecule has 0 amide bonds. The number of hydrogen-bond donors (Lipinski definition) is 0. The molecule has 1 aromatic carbocycles. The molecule has 0 aliphatic carbocycles. The fraction of sp³-hybridized carbons (Fsp3) is 0.467. The molecule has 0 saturated heterocycles. The molecule has 0 aliphatic rings. The van der Waals surface area contributed by atoms with Crippen molar-refractivity contribution in [2.24, 2.45) is 0 Å². The SMILES string of the molecule is CC(C)OCc1cn(C(C)C)c2c(F)cccc12. The third kappa shape index (κ3) is 2.41. The third-order valence-electron chi connectivity index (χ3n) is 3.01. The topological polar surface area (TPSA) is 14.2 Å². The van der Waals surface area contributed by atoms with Crippen molar-refractivity contribution in [3.05, 3.63) is 35.8 Å². The van der Waals surface area contributed by atoms with Gasteiger partial charge in [0.2, 0.25) is 0 Å². The van der Waals surface area contributed by atoms with Crippen molar-refractivity contribution in [3.63, 3.8) is 0 Å². The van der Waals surface area contributed by atoms with E-state index >= 15 is 0 Å². The van der Waals surface area contributed by atoms with E-state index in [1.165, 1.54) is 6.07 Å². The number of nitrogens with zero attached hydrogens (tertiary/aromatic N) is 1. The number of halogens is 1. The second kappa shape index (κ2) is 5.11. The predicted molar refractivity (Wildman–Crippen MR) is 72.2 cm³/mol. The van der Waals surface area contributed by atoms with Crippen LogP contribution < -0.4 is 0 Å². The van der Waals surface area contributed by atoms with E-state index in [1.807, 2.05) is 30.7 Å². The molecule has 3 heteroatoms. The van der Waals surface area contributed by atoms with Crippen molar-refractivity contribution in [2.75, 3.05) is 0 Å². The van der Waals surface area contributed by atoms with Gasteiger partial charge in [0.1, 0.15) is 5.82 Å². The fourth-order valence-electron chi connectivity index (χ4n) is 2.12. The van der Waals surface area contributed by atoms with Crippen molar-refractivity contribution >= 4 is 10.9 Å². The van der Waals surface area contributed by atoms with Crippen molar-refractivity contribution in [1.29, 1.82) is 0 Å². The van der Waals surface area contributed by atoms with E-state index in [0.29, 0.717) is 12.1 Å². The molecule has 0 bridgehead atoms. The van der Waals surface area contributed by atoms with Crippen molar-refractivity contribution < 1.29 is 9.13 Å². The highest BCUT2D eigenvalue weighted by Crippen LogP contribution is 2.27. The Morgan fingerprint density at radius 3 is 2.56 bits per heavy atom. The van der Waals surface area contributed by atoms with Gasteiger partial charge in [0.15, 0.2) is 0 Å². The summed E-state index contributed by atoms with van der Waals surface area (Å²) in [5.74, 6) is -0.169. The van der Waals surface area contributed by atoms with Gasteiger partial charge in [0, 0.05) is 23.2 Å². The smallest absolute Gasteiger partial charge is 0.147 e. The van der Waals surface area contributed by atoms with Crippen molar-refractivity contribution in [3.8, 4) is 0 Å². The van der Waals surface area contributed by atoms with Gasteiger partial charge in [-0.2, -0.15) is 0 Å². The van der Waals surface area contributed by atoms with Crippen LogP contribution in [0.3, 0.4) is 0 Å². The summed E-state index contributed by atoms with van der Waals surface area (Å²) in [4.78, 5) is 0. The number of aromatic nitrogens is 1. The first-order chi connectivity index (χ1) is 8.50. The quantitative estimate of drug-likeness (QED) is 0.788. The Labute approximate surface area is 107 Å². The van der Waals surface area contributed by atoms with Crippen LogP contribution in [0.15, 0.2) is 24.4 Å². The Balaban J connectivity index is 2.51. The van der Waals surface area contributed by atoms with Crippen LogP contribution in [0.4, 0.5) is 4.39 Å². The van der Waals surface area contributed by atoms with E-state index in [1.54, 1.807) is 6.07 Å². The number of ether oxygens (including phenoxy) is 1. The fourth-order valence-corrected chi connectivity index (χ4v) is 2.12. The summed E-state index contributed by atoms with van der Waals surface area (Å²) in [6, 6.07) is 5.45. The number of rotatable bonds is 4. The number of para-hydroxylation sites is 1. The van der Waals surface area contributed by atoms with Crippen LogP contribution in [0.1, 0.15) is 39.3 Å². The second-order valence-electron chi connectivity index (χ2n) is 5.15. The molecule has 2 aromatic rings. The van der Waals surface area contributed by atoms with Crippen molar-refractivity contribution in [2.45, 2.75) is 46.4 Å². The normalized spacial score (nSPS) is 11.9. The summed E-state index contributed by atoms with van der Waals surface area (Å²) in [6.45, 7) is 8.64. The molecule has 98 valence electrons. The summed E-state index contributed by atoms with van der Waals surface area (Å²) in [5, 5.41) is 0.948. The van der Waals surface area contributed by atoms with E-state index in [-0.39, 0.29) is 18.0 Å². The zero-order chi connectivity index (χ0) is 13.3. The Morgan fingerprint density at radius 2 is 1.94 bits per heavy atom. The van der Waals surface area contributed by atoms with E-state index in [9.17, 15) is 4.39 Å². The second-order valence-corrected chi connectivity index (χ2v) is 5.15. The lowest BCUT2D eigenvalue weighted by atomic mass is 10.2. The average molecular weight is 249 g/mol. The lowest BCUT2D eigenvalue weighted by Crippen LogP contribution is -2.02. The molecule has 0 N–H and O–H groups in total. The molecule has 0 saturated carbocycles. The molecule has 2 nitrogen and oxygen atoms in total. The molecular formula is C15H20FNO. The molecule has 1 heterocycles. The zero-order valence-corrected chi connectivity index (χ0v) is 11.4. The van der Waals surface area contributed by atoms with Crippen LogP contribution in [0.5, 0.6) is 0 Å². The maximum atomic E-state index is 14.0. The highest BCUT2D eigenvalue weighted by molar-refractivity contribution is 5.84. The van der Waals surface area contributed by atoms with Gasteiger partial charge in [0.25, 0.3) is 0 Å². The molecule has 2 rings (SSSR count). The van der Waals surface area contributed by atoms with Crippen LogP contribution in [0.25, 0.3) is 10.9 Å². The summed E-state index contributed by atoms with van der Waals surface area (Å²) in [7, 11) is 0. The maximum absolute atomic E-state index is 14.0. The minimum Gasteiger partial charge on any atom is -0.374 e. The molecule has 0 fully saturated rings. The highest BCUT2D eigenvalue weighted by atomic mass is 19.1. The predicted octanol–water partition coefficient (Wildman–Crippen LogP) is 4.29. The van der Waals surface area contributed by atoms with Gasteiger partial charge in [-0.15, -0.1) is 0 Å². The minimum atomic E-state index is -0.169. The summed E-state index contributed by atoms with van der Waals surface area (Å²) < 4.78 is 21.6. The van der Waals surface area contributed by atoms with Gasteiger partial charge in [-0.05, 0) is 33.8 Å². The minimum absolute atomic E-state index is 0.169. The molecule has 1 aromatic heterocycles. The largest absolute Gasteiger partial charge is 0.374 e. The van der Waals surface area contributed by atoms with Gasteiger partial charge in [-0.3, -0.25) is 0 Å². The first-order valence-corrected chi connectivity index (χ1v) is 6.40. The Kier molecular flexibility index (Phi) is 3.71. The van der Waals surface area contributed by atoms with Crippen LogP contribution in [0, 0.1) is 5.82 Å². The Bertz CT molecular complexity index is 543. The first kappa shape index (κ1) is 13.1. The molecule has 0 aliphatic heterocycles.